The van der Waals surface area contributed by atoms with Gasteiger partial charge in [0.05, 0.1) is 0 Å². The maximum Gasteiger partial charge on any atom is 0.0390 e. The number of piperidine rings is 1. The maximum absolute atomic E-state index is 6.12. The van der Waals surface area contributed by atoms with Crippen molar-refractivity contribution in [3.05, 3.63) is 27.7 Å². The minimum Gasteiger partial charge on any atom is -0.398 e. The molecule has 1 saturated heterocycles. The molecule has 0 unspecified atom stereocenters. The number of rotatable bonds is 2. The van der Waals surface area contributed by atoms with Crippen LogP contribution in [0.2, 0.25) is 0 Å². The van der Waals surface area contributed by atoms with Crippen LogP contribution in [0.4, 0.5) is 5.69 Å². The largest absolute Gasteiger partial charge is 0.398 e. The first kappa shape index (κ1) is 11.9. The highest BCUT2D eigenvalue weighted by Crippen LogP contribution is 2.25. The molecule has 16 heavy (non-hydrogen) atoms. The summed E-state index contributed by atoms with van der Waals surface area (Å²) in [6, 6.07) is 4.23. The van der Waals surface area contributed by atoms with Crippen LogP contribution in [0.25, 0.3) is 0 Å². The zero-order chi connectivity index (χ0) is 11.5. The van der Waals surface area contributed by atoms with Crippen molar-refractivity contribution in [2.45, 2.75) is 32.7 Å². The Morgan fingerprint density at radius 1 is 1.25 bits per heavy atom. The summed E-state index contributed by atoms with van der Waals surface area (Å²) in [6.07, 6.45) is 4.03. The van der Waals surface area contributed by atoms with E-state index in [0.717, 1.165) is 16.7 Å². The molecule has 0 saturated carbocycles. The number of anilines is 1. The number of nitrogen functional groups attached to an aromatic ring is 1. The highest BCUT2D eigenvalue weighted by Gasteiger charge is 2.13. The number of likely N-dealkylation sites (tertiary alicyclic amines) is 1. The third-order valence-electron chi connectivity index (χ3n) is 3.28. The van der Waals surface area contributed by atoms with Gasteiger partial charge in [-0.1, -0.05) is 22.4 Å². The van der Waals surface area contributed by atoms with Crippen molar-refractivity contribution in [3.8, 4) is 0 Å². The smallest absolute Gasteiger partial charge is 0.0390 e. The molecule has 1 aliphatic heterocycles. The van der Waals surface area contributed by atoms with Crippen LogP contribution in [0.5, 0.6) is 0 Å². The fourth-order valence-electron chi connectivity index (χ4n) is 2.31. The number of aryl methyl sites for hydroxylation is 1. The van der Waals surface area contributed by atoms with Gasteiger partial charge in [-0.05, 0) is 56.1 Å². The Kier molecular flexibility index (Phi) is 3.87. The molecular weight excluding hydrogens is 264 g/mol. The fraction of sp³-hybridized carbons (Fsp3) is 0.538. The first-order chi connectivity index (χ1) is 7.66. The van der Waals surface area contributed by atoms with Gasteiger partial charge in [0.25, 0.3) is 0 Å². The Balaban J connectivity index is 2.13. The molecule has 2 nitrogen and oxygen atoms in total. The first-order valence-electron chi connectivity index (χ1n) is 5.93. The van der Waals surface area contributed by atoms with Gasteiger partial charge in [-0.25, -0.2) is 0 Å². The molecule has 3 heteroatoms. The van der Waals surface area contributed by atoms with Gasteiger partial charge in [-0.3, -0.25) is 4.90 Å². The normalized spacial score (nSPS) is 17.6. The standard InChI is InChI=1S/C13H19BrN2/c1-10-7-12(14)8-11(13(10)15)9-16-5-3-2-4-6-16/h7-8H,2-6,9,15H2,1H3. The van der Waals surface area contributed by atoms with Crippen LogP contribution in [0.15, 0.2) is 16.6 Å². The highest BCUT2D eigenvalue weighted by atomic mass is 79.9. The molecular formula is C13H19BrN2. The lowest BCUT2D eigenvalue weighted by Gasteiger charge is -2.27. The monoisotopic (exact) mass is 282 g/mol. The molecule has 2 N–H and O–H groups in total. The Hall–Kier alpha value is -0.540. The molecule has 0 aromatic heterocycles. The van der Waals surface area contributed by atoms with Crippen LogP contribution >= 0.6 is 15.9 Å². The average Bonchev–Trinajstić information content (AvgIpc) is 2.27. The minimum absolute atomic E-state index is 0.953. The summed E-state index contributed by atoms with van der Waals surface area (Å²) in [4.78, 5) is 2.50. The Bertz CT molecular complexity index is 370. The van der Waals surface area contributed by atoms with Gasteiger partial charge in [0, 0.05) is 16.7 Å². The summed E-state index contributed by atoms with van der Waals surface area (Å²) in [6.45, 7) is 5.49. The number of hydrogen-bond donors (Lipinski definition) is 1. The summed E-state index contributed by atoms with van der Waals surface area (Å²) in [7, 11) is 0. The lowest BCUT2D eigenvalue weighted by Crippen LogP contribution is -2.29. The Morgan fingerprint density at radius 3 is 2.62 bits per heavy atom. The second-order valence-corrected chi connectivity index (χ2v) is 5.55. The number of benzene rings is 1. The molecule has 1 aliphatic rings. The molecule has 1 aromatic carbocycles. The van der Waals surface area contributed by atoms with Crippen molar-refractivity contribution < 1.29 is 0 Å². The van der Waals surface area contributed by atoms with Crippen molar-refractivity contribution in [3.63, 3.8) is 0 Å². The third-order valence-corrected chi connectivity index (χ3v) is 3.74. The van der Waals surface area contributed by atoms with Gasteiger partial charge in [0.2, 0.25) is 0 Å². The molecule has 1 aromatic rings. The van der Waals surface area contributed by atoms with E-state index in [0.29, 0.717) is 0 Å². The molecule has 1 fully saturated rings. The van der Waals surface area contributed by atoms with Gasteiger partial charge in [0.1, 0.15) is 0 Å². The van der Waals surface area contributed by atoms with Gasteiger partial charge >= 0.3 is 0 Å². The molecule has 2 rings (SSSR count). The van der Waals surface area contributed by atoms with Crippen LogP contribution < -0.4 is 5.73 Å². The maximum atomic E-state index is 6.12. The number of nitrogens with two attached hydrogens (primary N) is 1. The summed E-state index contributed by atoms with van der Waals surface area (Å²) in [5.41, 5.74) is 9.50. The van der Waals surface area contributed by atoms with Crippen molar-refractivity contribution >= 4 is 21.6 Å². The van der Waals surface area contributed by atoms with Crippen LogP contribution in [-0.2, 0) is 6.54 Å². The Labute approximate surface area is 106 Å². The zero-order valence-electron chi connectivity index (χ0n) is 9.80. The van der Waals surface area contributed by atoms with E-state index in [4.69, 9.17) is 5.73 Å². The molecule has 1 heterocycles. The molecule has 0 amide bonds. The van der Waals surface area contributed by atoms with Crippen molar-refractivity contribution in [1.29, 1.82) is 0 Å². The quantitative estimate of drug-likeness (QED) is 0.844. The number of halogens is 1. The summed E-state index contributed by atoms with van der Waals surface area (Å²) in [5, 5.41) is 0. The summed E-state index contributed by atoms with van der Waals surface area (Å²) < 4.78 is 1.13. The lowest BCUT2D eigenvalue weighted by atomic mass is 10.1. The van der Waals surface area contributed by atoms with Gasteiger partial charge in [-0.2, -0.15) is 0 Å². The van der Waals surface area contributed by atoms with Crippen molar-refractivity contribution in [2.75, 3.05) is 18.8 Å². The van der Waals surface area contributed by atoms with E-state index in [1.165, 1.54) is 43.5 Å². The highest BCUT2D eigenvalue weighted by molar-refractivity contribution is 9.10. The van der Waals surface area contributed by atoms with E-state index < -0.39 is 0 Å². The number of hydrogen-bond acceptors (Lipinski definition) is 2. The average molecular weight is 283 g/mol. The van der Waals surface area contributed by atoms with Crippen LogP contribution in [0.1, 0.15) is 30.4 Å². The van der Waals surface area contributed by atoms with Crippen LogP contribution in [-0.4, -0.2) is 18.0 Å². The molecule has 88 valence electrons. The zero-order valence-corrected chi connectivity index (χ0v) is 11.4. The van der Waals surface area contributed by atoms with E-state index in [-0.39, 0.29) is 0 Å². The predicted molar refractivity (Wildman–Crippen MR) is 72.4 cm³/mol. The van der Waals surface area contributed by atoms with E-state index in [1.54, 1.807) is 0 Å². The van der Waals surface area contributed by atoms with Gasteiger partial charge in [-0.15, -0.1) is 0 Å². The van der Waals surface area contributed by atoms with E-state index >= 15 is 0 Å². The second-order valence-electron chi connectivity index (χ2n) is 4.63. The first-order valence-corrected chi connectivity index (χ1v) is 6.73. The van der Waals surface area contributed by atoms with E-state index in [1.807, 2.05) is 0 Å². The van der Waals surface area contributed by atoms with Crippen molar-refractivity contribution in [1.82, 2.24) is 4.90 Å². The number of nitrogens with zero attached hydrogens (tertiary/aromatic N) is 1. The van der Waals surface area contributed by atoms with Gasteiger partial charge in [0.15, 0.2) is 0 Å². The van der Waals surface area contributed by atoms with Crippen LogP contribution in [0, 0.1) is 6.92 Å². The topological polar surface area (TPSA) is 29.3 Å². The van der Waals surface area contributed by atoms with E-state index in [9.17, 15) is 0 Å². The molecule has 0 aliphatic carbocycles. The molecule has 0 spiro atoms. The molecule has 0 radical (unpaired) electrons. The Morgan fingerprint density at radius 2 is 1.94 bits per heavy atom. The fourth-order valence-corrected chi connectivity index (χ4v) is 2.93. The molecule has 0 bridgehead atoms. The van der Waals surface area contributed by atoms with Crippen molar-refractivity contribution in [2.24, 2.45) is 0 Å². The van der Waals surface area contributed by atoms with Gasteiger partial charge < -0.3 is 5.73 Å². The third kappa shape index (κ3) is 2.77. The second kappa shape index (κ2) is 5.19. The minimum atomic E-state index is 0.953. The lowest BCUT2D eigenvalue weighted by molar-refractivity contribution is 0.221. The summed E-state index contributed by atoms with van der Waals surface area (Å²) in [5.74, 6) is 0. The van der Waals surface area contributed by atoms with Crippen LogP contribution in [0.3, 0.4) is 0 Å². The molecule has 0 atom stereocenters. The SMILES string of the molecule is Cc1cc(Br)cc(CN2CCCCC2)c1N. The summed E-state index contributed by atoms with van der Waals surface area (Å²) >= 11 is 3.54. The van der Waals surface area contributed by atoms with E-state index in [2.05, 4.69) is 39.9 Å². The predicted octanol–water partition coefficient (Wildman–Crippen LogP) is 3.33.